The molecule has 0 aliphatic heterocycles. The van der Waals surface area contributed by atoms with E-state index >= 15 is 0 Å². The Labute approximate surface area is 124 Å². The van der Waals surface area contributed by atoms with Gasteiger partial charge in [0.1, 0.15) is 0 Å². The van der Waals surface area contributed by atoms with Gasteiger partial charge in [-0.05, 0) is 30.9 Å². The first-order valence-electron chi connectivity index (χ1n) is 6.78. The molecule has 1 saturated carbocycles. The lowest BCUT2D eigenvalue weighted by Crippen LogP contribution is -2.27. The van der Waals surface area contributed by atoms with Crippen LogP contribution in [0.5, 0.6) is 0 Å². The second kappa shape index (κ2) is 7.67. The highest BCUT2D eigenvalue weighted by atomic mass is 32.2. The van der Waals surface area contributed by atoms with E-state index in [0.717, 1.165) is 22.9 Å². The van der Waals surface area contributed by atoms with Gasteiger partial charge >= 0.3 is 0 Å². The van der Waals surface area contributed by atoms with Crippen molar-refractivity contribution in [2.45, 2.75) is 24.0 Å². The Morgan fingerprint density at radius 2 is 1.95 bits per heavy atom. The van der Waals surface area contributed by atoms with Gasteiger partial charge in [-0.25, -0.2) is 0 Å². The molecule has 1 amide bonds. The molecule has 1 aromatic rings. The molecular weight excluding hydrogens is 274 g/mol. The van der Waals surface area contributed by atoms with Gasteiger partial charge in [0.05, 0.1) is 5.75 Å². The van der Waals surface area contributed by atoms with Crippen LogP contribution >= 0.6 is 11.8 Å². The number of methoxy groups -OCH3 is 2. The minimum Gasteiger partial charge on any atom is -0.355 e. The number of benzene rings is 1. The van der Waals surface area contributed by atoms with Crippen molar-refractivity contribution in [1.29, 1.82) is 0 Å². The third-order valence-corrected chi connectivity index (χ3v) is 4.25. The second-order valence-corrected chi connectivity index (χ2v) is 5.96. The van der Waals surface area contributed by atoms with Crippen LogP contribution in [0.2, 0.25) is 0 Å². The Hall–Kier alpha value is -1.04. The number of carbonyl (C=O) groups is 1. The minimum absolute atomic E-state index is 0.109. The average molecular weight is 295 g/mol. The van der Waals surface area contributed by atoms with E-state index in [1.165, 1.54) is 12.8 Å². The number of amides is 1. The summed E-state index contributed by atoms with van der Waals surface area (Å²) in [6, 6.07) is 7.89. The van der Waals surface area contributed by atoms with Gasteiger partial charge in [-0.1, -0.05) is 12.1 Å². The fourth-order valence-electron chi connectivity index (χ4n) is 1.87. The molecule has 0 spiro atoms. The molecule has 1 aromatic carbocycles. The highest BCUT2D eigenvalue weighted by Gasteiger charge is 2.21. The Bertz CT molecular complexity index is 427. The molecule has 2 rings (SSSR count). The Morgan fingerprint density at radius 1 is 1.30 bits per heavy atom. The smallest absolute Gasteiger partial charge is 0.230 e. The molecular formula is C15H21NO3S. The standard InChI is InChI=1S/C15H21NO3S/c1-18-15(19-2)12-5-7-13(8-6-12)20-10-14(17)16-9-11-3-4-11/h5-8,11,15H,3-4,9-10H2,1-2H3,(H,16,17). The Kier molecular flexibility index (Phi) is 5.88. The molecule has 0 atom stereocenters. The lowest BCUT2D eigenvalue weighted by Gasteiger charge is -2.13. The summed E-state index contributed by atoms with van der Waals surface area (Å²) in [6.07, 6.45) is 2.18. The summed E-state index contributed by atoms with van der Waals surface area (Å²) in [5, 5.41) is 2.96. The van der Waals surface area contributed by atoms with Crippen LogP contribution in [0, 0.1) is 5.92 Å². The fourth-order valence-corrected chi connectivity index (χ4v) is 2.60. The van der Waals surface area contributed by atoms with Gasteiger partial charge in [0.15, 0.2) is 6.29 Å². The number of rotatable bonds is 8. The highest BCUT2D eigenvalue weighted by Crippen LogP contribution is 2.27. The molecule has 0 unspecified atom stereocenters. The normalized spacial score (nSPS) is 14.6. The summed E-state index contributed by atoms with van der Waals surface area (Å²) in [5.74, 6) is 1.30. The van der Waals surface area contributed by atoms with Crippen molar-refractivity contribution in [3.8, 4) is 0 Å². The SMILES string of the molecule is COC(OC)c1ccc(SCC(=O)NCC2CC2)cc1. The van der Waals surface area contributed by atoms with E-state index in [1.54, 1.807) is 26.0 Å². The number of carbonyl (C=O) groups excluding carboxylic acids is 1. The largest absolute Gasteiger partial charge is 0.355 e. The predicted molar refractivity (Wildman–Crippen MR) is 79.7 cm³/mol. The quantitative estimate of drug-likeness (QED) is 0.591. The first-order valence-corrected chi connectivity index (χ1v) is 7.76. The van der Waals surface area contributed by atoms with Gasteiger partial charge in [-0.15, -0.1) is 11.8 Å². The zero-order valence-electron chi connectivity index (χ0n) is 11.9. The number of ether oxygens (including phenoxy) is 2. The van der Waals surface area contributed by atoms with E-state index in [0.29, 0.717) is 5.75 Å². The lowest BCUT2D eigenvalue weighted by atomic mass is 10.2. The molecule has 4 nitrogen and oxygen atoms in total. The summed E-state index contributed by atoms with van der Waals surface area (Å²) in [5.41, 5.74) is 0.970. The van der Waals surface area contributed by atoms with E-state index in [1.807, 2.05) is 24.3 Å². The first kappa shape index (κ1) is 15.4. The number of hydrogen-bond donors (Lipinski definition) is 1. The summed E-state index contributed by atoms with van der Waals surface area (Å²) in [6.45, 7) is 0.835. The van der Waals surface area contributed by atoms with E-state index in [-0.39, 0.29) is 12.2 Å². The zero-order valence-corrected chi connectivity index (χ0v) is 12.7. The van der Waals surface area contributed by atoms with Crippen LogP contribution in [-0.4, -0.2) is 32.4 Å². The van der Waals surface area contributed by atoms with Crippen LogP contribution < -0.4 is 5.32 Å². The van der Waals surface area contributed by atoms with Crippen molar-refractivity contribution < 1.29 is 14.3 Å². The second-order valence-electron chi connectivity index (χ2n) is 4.91. The van der Waals surface area contributed by atoms with Crippen LogP contribution in [0.4, 0.5) is 0 Å². The highest BCUT2D eigenvalue weighted by molar-refractivity contribution is 8.00. The van der Waals surface area contributed by atoms with Crippen molar-refractivity contribution >= 4 is 17.7 Å². The van der Waals surface area contributed by atoms with Crippen LogP contribution in [0.25, 0.3) is 0 Å². The van der Waals surface area contributed by atoms with Crippen molar-refractivity contribution in [2.24, 2.45) is 5.92 Å². The minimum atomic E-state index is -0.337. The van der Waals surface area contributed by atoms with Gasteiger partial charge in [0.25, 0.3) is 0 Å². The molecule has 1 fully saturated rings. The van der Waals surface area contributed by atoms with Crippen LogP contribution in [0.3, 0.4) is 0 Å². The molecule has 0 heterocycles. The van der Waals surface area contributed by atoms with Crippen LogP contribution in [0.15, 0.2) is 29.2 Å². The first-order chi connectivity index (χ1) is 9.72. The molecule has 110 valence electrons. The number of nitrogens with one attached hydrogen (secondary N) is 1. The van der Waals surface area contributed by atoms with Crippen molar-refractivity contribution in [3.05, 3.63) is 29.8 Å². The van der Waals surface area contributed by atoms with E-state index in [4.69, 9.17) is 9.47 Å². The monoisotopic (exact) mass is 295 g/mol. The fraction of sp³-hybridized carbons (Fsp3) is 0.533. The summed E-state index contributed by atoms with van der Waals surface area (Å²) < 4.78 is 10.4. The average Bonchev–Trinajstić information content (AvgIpc) is 3.30. The van der Waals surface area contributed by atoms with Crippen molar-refractivity contribution in [1.82, 2.24) is 5.32 Å². The van der Waals surface area contributed by atoms with Crippen molar-refractivity contribution in [3.63, 3.8) is 0 Å². The lowest BCUT2D eigenvalue weighted by molar-refractivity contribution is -0.118. The Morgan fingerprint density at radius 3 is 2.50 bits per heavy atom. The molecule has 1 N–H and O–H groups in total. The number of thioether (sulfide) groups is 1. The topological polar surface area (TPSA) is 47.6 Å². The maximum absolute atomic E-state index is 11.6. The van der Waals surface area contributed by atoms with Gasteiger partial charge < -0.3 is 14.8 Å². The molecule has 1 aliphatic rings. The summed E-state index contributed by atoms with van der Waals surface area (Å²) in [4.78, 5) is 12.7. The third-order valence-electron chi connectivity index (χ3n) is 3.24. The number of hydrogen-bond acceptors (Lipinski definition) is 4. The molecule has 1 aliphatic carbocycles. The van der Waals surface area contributed by atoms with Crippen LogP contribution in [0.1, 0.15) is 24.7 Å². The zero-order chi connectivity index (χ0) is 14.4. The summed E-state index contributed by atoms with van der Waals surface area (Å²) >= 11 is 1.54. The third kappa shape index (κ3) is 4.81. The molecule has 0 aromatic heterocycles. The van der Waals surface area contributed by atoms with Gasteiger partial charge in [-0.3, -0.25) is 4.79 Å². The molecule has 5 heteroatoms. The molecule has 0 radical (unpaired) electrons. The predicted octanol–water partition coefficient (Wildman–Crippen LogP) is 2.60. The maximum atomic E-state index is 11.6. The Balaban J connectivity index is 1.76. The maximum Gasteiger partial charge on any atom is 0.230 e. The van der Waals surface area contributed by atoms with Gasteiger partial charge in [0, 0.05) is 31.2 Å². The van der Waals surface area contributed by atoms with E-state index in [9.17, 15) is 4.79 Å². The molecule has 20 heavy (non-hydrogen) atoms. The van der Waals surface area contributed by atoms with Crippen molar-refractivity contribution in [2.75, 3.05) is 26.5 Å². The molecule has 0 bridgehead atoms. The molecule has 0 saturated heterocycles. The van der Waals surface area contributed by atoms with Gasteiger partial charge in [0.2, 0.25) is 5.91 Å². The van der Waals surface area contributed by atoms with E-state index in [2.05, 4.69) is 5.32 Å². The van der Waals surface area contributed by atoms with Gasteiger partial charge in [-0.2, -0.15) is 0 Å². The van der Waals surface area contributed by atoms with Crippen LogP contribution in [-0.2, 0) is 14.3 Å². The summed E-state index contributed by atoms with van der Waals surface area (Å²) in [7, 11) is 3.22. The van der Waals surface area contributed by atoms with E-state index < -0.39 is 0 Å².